The number of rotatable bonds is 6. The molecule has 0 radical (unpaired) electrons. The van der Waals surface area contributed by atoms with Crippen LogP contribution in [0.3, 0.4) is 0 Å². The summed E-state index contributed by atoms with van der Waals surface area (Å²) in [7, 11) is 0. The zero-order chi connectivity index (χ0) is 21.5. The molecule has 0 atom stereocenters. The largest absolute Gasteiger partial charge is 0.484 e. The Balaban J connectivity index is 1.04. The van der Waals surface area contributed by atoms with Gasteiger partial charge in [0.15, 0.2) is 6.61 Å². The molecule has 1 amide bonds. The molecule has 1 N–H and O–H groups in total. The number of anilines is 1. The summed E-state index contributed by atoms with van der Waals surface area (Å²) in [6.45, 7) is 0.0308. The first-order valence-electron chi connectivity index (χ1n) is 12.0. The van der Waals surface area contributed by atoms with Crippen LogP contribution in [-0.4, -0.2) is 24.0 Å². The molecule has 1 aliphatic heterocycles. The molecule has 32 heavy (non-hydrogen) atoms. The average Bonchev–Trinajstić information content (AvgIpc) is 3.33. The van der Waals surface area contributed by atoms with Gasteiger partial charge in [0.1, 0.15) is 5.75 Å². The van der Waals surface area contributed by atoms with E-state index in [0.717, 1.165) is 29.2 Å². The average molecular weight is 466 g/mol. The van der Waals surface area contributed by atoms with Gasteiger partial charge in [-0.05, 0) is 97.1 Å². The Kier molecular flexibility index (Phi) is 5.67. The maximum absolute atomic E-state index is 12.4. The lowest BCUT2D eigenvalue weighted by atomic mass is 9.48. The van der Waals surface area contributed by atoms with E-state index in [0.29, 0.717) is 10.00 Å². The summed E-state index contributed by atoms with van der Waals surface area (Å²) in [5.41, 5.74) is 4.08. The fraction of sp³-hybridized carbons (Fsp3) is 0.519. The number of benzene rings is 2. The van der Waals surface area contributed by atoms with Crippen LogP contribution in [0.4, 0.5) is 5.69 Å². The molecule has 4 aliphatic carbocycles. The Morgan fingerprint density at radius 1 is 0.875 bits per heavy atom. The zero-order valence-electron chi connectivity index (χ0n) is 18.4. The quantitative estimate of drug-likeness (QED) is 0.518. The molecule has 1 heterocycles. The summed E-state index contributed by atoms with van der Waals surface area (Å²) in [6.07, 6.45) is 8.51. The van der Waals surface area contributed by atoms with Crippen LogP contribution < -0.4 is 10.1 Å². The smallest absolute Gasteiger partial charge is 0.262 e. The van der Waals surface area contributed by atoms with Crippen molar-refractivity contribution in [2.75, 3.05) is 23.4 Å². The summed E-state index contributed by atoms with van der Waals surface area (Å²) < 4.78 is 6.26. The van der Waals surface area contributed by atoms with Crippen molar-refractivity contribution in [2.24, 2.45) is 17.8 Å². The number of carbonyl (C=O) groups is 1. The lowest BCUT2D eigenvalue weighted by Gasteiger charge is -2.57. The fourth-order valence-corrected chi connectivity index (χ4v) is 9.85. The molecule has 0 spiro atoms. The number of thioether (sulfide) groups is 2. The van der Waals surface area contributed by atoms with Crippen molar-refractivity contribution in [1.82, 2.24) is 0 Å². The zero-order valence-corrected chi connectivity index (χ0v) is 20.1. The van der Waals surface area contributed by atoms with Crippen LogP contribution in [0.15, 0.2) is 48.5 Å². The number of carbonyl (C=O) groups excluding carboxylic acids is 1. The summed E-state index contributed by atoms with van der Waals surface area (Å²) in [6, 6.07) is 16.9. The van der Waals surface area contributed by atoms with Gasteiger partial charge in [-0.1, -0.05) is 24.3 Å². The highest BCUT2D eigenvalue weighted by molar-refractivity contribution is 8.19. The van der Waals surface area contributed by atoms with Gasteiger partial charge in [0.25, 0.3) is 5.91 Å². The third-order valence-electron chi connectivity index (χ3n) is 7.96. The van der Waals surface area contributed by atoms with Crippen molar-refractivity contribution < 1.29 is 9.53 Å². The van der Waals surface area contributed by atoms with Gasteiger partial charge in [-0.15, -0.1) is 23.5 Å². The van der Waals surface area contributed by atoms with E-state index in [1.54, 1.807) is 0 Å². The molecule has 4 bridgehead atoms. The molecule has 5 heteroatoms. The van der Waals surface area contributed by atoms with Gasteiger partial charge in [-0.2, -0.15) is 0 Å². The molecule has 5 fully saturated rings. The molecular weight excluding hydrogens is 434 g/mol. The van der Waals surface area contributed by atoms with Crippen LogP contribution in [0.5, 0.6) is 5.75 Å². The van der Waals surface area contributed by atoms with E-state index >= 15 is 0 Å². The van der Waals surface area contributed by atoms with E-state index in [4.69, 9.17) is 4.74 Å². The maximum Gasteiger partial charge on any atom is 0.262 e. The second-order valence-corrected chi connectivity index (χ2v) is 13.0. The lowest BCUT2D eigenvalue weighted by Crippen LogP contribution is -2.48. The monoisotopic (exact) mass is 465 g/mol. The van der Waals surface area contributed by atoms with Gasteiger partial charge in [0, 0.05) is 17.2 Å². The number of ether oxygens (including phenoxy) is 1. The molecule has 1 saturated heterocycles. The molecule has 3 nitrogen and oxygen atoms in total. The minimum absolute atomic E-state index is 0.0308. The standard InChI is InChI=1S/C27H31NO2S2/c29-25(17-30-24-7-1-21(2-8-24)26-31-9-10-32-26)28-23-5-3-22(4-6-23)27-14-18-11-19(15-27)13-20(12-18)16-27/h1-8,18-20,26H,9-17H2,(H,28,29). The molecule has 168 valence electrons. The minimum Gasteiger partial charge on any atom is -0.484 e. The summed E-state index contributed by atoms with van der Waals surface area (Å²) in [5, 5.41) is 3.00. The predicted molar refractivity (Wildman–Crippen MR) is 135 cm³/mol. The molecule has 5 aliphatic rings. The third kappa shape index (κ3) is 4.19. The van der Waals surface area contributed by atoms with Gasteiger partial charge in [-0.25, -0.2) is 0 Å². The first-order valence-corrected chi connectivity index (χ1v) is 14.1. The summed E-state index contributed by atoms with van der Waals surface area (Å²) >= 11 is 3.99. The Morgan fingerprint density at radius 2 is 1.47 bits per heavy atom. The topological polar surface area (TPSA) is 38.3 Å². The van der Waals surface area contributed by atoms with E-state index in [9.17, 15) is 4.79 Å². The van der Waals surface area contributed by atoms with E-state index in [1.807, 2.05) is 35.7 Å². The van der Waals surface area contributed by atoms with Crippen LogP contribution >= 0.6 is 23.5 Å². The van der Waals surface area contributed by atoms with Crippen molar-refractivity contribution in [3.05, 3.63) is 59.7 Å². The van der Waals surface area contributed by atoms with Crippen molar-refractivity contribution in [2.45, 2.75) is 48.5 Å². The first kappa shape index (κ1) is 21.0. The molecule has 2 aromatic rings. The van der Waals surface area contributed by atoms with Crippen molar-refractivity contribution in [3.8, 4) is 5.75 Å². The van der Waals surface area contributed by atoms with Crippen molar-refractivity contribution >= 4 is 35.1 Å². The van der Waals surface area contributed by atoms with Crippen LogP contribution in [0, 0.1) is 17.8 Å². The van der Waals surface area contributed by atoms with E-state index in [1.165, 1.54) is 61.2 Å². The van der Waals surface area contributed by atoms with Gasteiger partial charge in [0.2, 0.25) is 0 Å². The fourth-order valence-electron chi connectivity index (χ4n) is 6.99. The predicted octanol–water partition coefficient (Wildman–Crippen LogP) is 6.65. The van der Waals surface area contributed by atoms with E-state index in [-0.39, 0.29) is 12.5 Å². The highest BCUT2D eigenvalue weighted by atomic mass is 32.2. The highest BCUT2D eigenvalue weighted by Gasteiger charge is 2.51. The van der Waals surface area contributed by atoms with Gasteiger partial charge >= 0.3 is 0 Å². The maximum atomic E-state index is 12.4. The highest BCUT2D eigenvalue weighted by Crippen LogP contribution is 2.60. The molecular formula is C27H31NO2S2. The number of amides is 1. The van der Waals surface area contributed by atoms with E-state index in [2.05, 4.69) is 41.7 Å². The summed E-state index contributed by atoms with van der Waals surface area (Å²) in [4.78, 5) is 12.4. The van der Waals surface area contributed by atoms with Crippen LogP contribution in [-0.2, 0) is 10.2 Å². The number of hydrogen-bond acceptors (Lipinski definition) is 4. The van der Waals surface area contributed by atoms with Gasteiger partial charge in [-0.3, -0.25) is 4.79 Å². The van der Waals surface area contributed by atoms with E-state index < -0.39 is 0 Å². The molecule has 7 rings (SSSR count). The Morgan fingerprint density at radius 3 is 2.06 bits per heavy atom. The second kappa shape index (κ2) is 8.64. The summed E-state index contributed by atoms with van der Waals surface area (Å²) in [5.74, 6) is 5.91. The third-order valence-corrected chi connectivity index (χ3v) is 11.1. The van der Waals surface area contributed by atoms with Crippen LogP contribution in [0.1, 0.15) is 54.2 Å². The Hall–Kier alpha value is -1.59. The van der Waals surface area contributed by atoms with Crippen LogP contribution in [0.2, 0.25) is 0 Å². The van der Waals surface area contributed by atoms with Gasteiger partial charge < -0.3 is 10.1 Å². The Bertz CT molecular complexity index is 931. The SMILES string of the molecule is O=C(COc1ccc(C2SCCS2)cc1)Nc1ccc(C23CC4CC(CC(C4)C2)C3)cc1. The molecule has 2 aromatic carbocycles. The van der Waals surface area contributed by atoms with Crippen LogP contribution in [0.25, 0.3) is 0 Å². The first-order chi connectivity index (χ1) is 15.6. The molecule has 0 unspecified atom stereocenters. The normalized spacial score (nSPS) is 31.1. The van der Waals surface area contributed by atoms with Crippen molar-refractivity contribution in [1.29, 1.82) is 0 Å². The molecule has 4 saturated carbocycles. The number of nitrogens with one attached hydrogen (secondary N) is 1. The van der Waals surface area contributed by atoms with Crippen molar-refractivity contribution in [3.63, 3.8) is 0 Å². The second-order valence-electron chi connectivity index (χ2n) is 10.3. The lowest BCUT2D eigenvalue weighted by molar-refractivity contribution is -0.118. The minimum atomic E-state index is -0.112. The molecule has 0 aromatic heterocycles. The number of hydrogen-bond donors (Lipinski definition) is 1. The Labute approximate surface area is 199 Å². The van der Waals surface area contributed by atoms with Gasteiger partial charge in [0.05, 0.1) is 4.58 Å².